The smallest absolute Gasteiger partial charge is 0.254 e. The fourth-order valence-corrected chi connectivity index (χ4v) is 2.43. The summed E-state index contributed by atoms with van der Waals surface area (Å²) in [4.78, 5) is 15.9. The van der Waals surface area contributed by atoms with E-state index in [4.69, 9.17) is 10.8 Å². The number of aliphatic hydroxyl groups is 1. The largest absolute Gasteiger partial charge is 0.395 e. The lowest BCUT2D eigenvalue weighted by Gasteiger charge is -2.21. The third-order valence-corrected chi connectivity index (χ3v) is 3.62. The molecule has 0 radical (unpaired) electrons. The van der Waals surface area contributed by atoms with E-state index in [1.54, 1.807) is 4.90 Å². The summed E-state index contributed by atoms with van der Waals surface area (Å²) >= 11 is 0. The van der Waals surface area contributed by atoms with Crippen LogP contribution >= 0.6 is 0 Å². The first-order chi connectivity index (χ1) is 10.0. The summed E-state index contributed by atoms with van der Waals surface area (Å²) < 4.78 is 26.9. The molecule has 0 spiro atoms. The molecule has 0 aromatic heterocycles. The van der Waals surface area contributed by atoms with Crippen molar-refractivity contribution in [3.8, 4) is 0 Å². The zero-order valence-corrected chi connectivity index (χ0v) is 11.7. The van der Waals surface area contributed by atoms with Gasteiger partial charge in [-0.05, 0) is 25.1 Å². The van der Waals surface area contributed by atoms with Gasteiger partial charge < -0.3 is 15.7 Å². The molecule has 1 aromatic carbocycles. The molecule has 21 heavy (non-hydrogen) atoms. The lowest BCUT2D eigenvalue weighted by Crippen LogP contribution is -2.36. The van der Waals surface area contributed by atoms with Crippen molar-refractivity contribution < 1.29 is 18.7 Å². The Kier molecular flexibility index (Phi) is 5.08. The Morgan fingerprint density at radius 1 is 1.19 bits per heavy atom. The number of benzene rings is 1. The third kappa shape index (κ3) is 3.68. The summed E-state index contributed by atoms with van der Waals surface area (Å²) in [6, 6.07) is 1.94. The van der Waals surface area contributed by atoms with Crippen LogP contribution in [-0.2, 0) is 0 Å². The van der Waals surface area contributed by atoms with Gasteiger partial charge in [0.2, 0.25) is 0 Å². The summed E-state index contributed by atoms with van der Waals surface area (Å²) in [7, 11) is 0. The van der Waals surface area contributed by atoms with Crippen molar-refractivity contribution in [1.29, 1.82) is 0 Å². The molecule has 7 heteroatoms. The summed E-state index contributed by atoms with van der Waals surface area (Å²) in [5.74, 6) is -2.25. The molecule has 5 nitrogen and oxygen atoms in total. The van der Waals surface area contributed by atoms with Crippen molar-refractivity contribution in [2.75, 3.05) is 45.1 Å². The topological polar surface area (TPSA) is 69.8 Å². The van der Waals surface area contributed by atoms with Crippen molar-refractivity contribution in [3.05, 3.63) is 29.3 Å². The van der Waals surface area contributed by atoms with Crippen LogP contribution in [0.2, 0.25) is 0 Å². The highest BCUT2D eigenvalue weighted by atomic mass is 19.1. The summed E-state index contributed by atoms with van der Waals surface area (Å²) in [5.41, 5.74) is 4.60. The van der Waals surface area contributed by atoms with E-state index in [-0.39, 0.29) is 12.2 Å². The van der Waals surface area contributed by atoms with Gasteiger partial charge in [0, 0.05) is 31.7 Å². The van der Waals surface area contributed by atoms with Gasteiger partial charge in [-0.3, -0.25) is 9.69 Å². The van der Waals surface area contributed by atoms with Crippen molar-refractivity contribution in [1.82, 2.24) is 9.80 Å². The minimum absolute atomic E-state index is 0.0326. The quantitative estimate of drug-likeness (QED) is 0.806. The van der Waals surface area contributed by atoms with E-state index in [9.17, 15) is 13.6 Å². The molecule has 0 unspecified atom stereocenters. The third-order valence-electron chi connectivity index (χ3n) is 3.62. The highest BCUT2D eigenvalue weighted by Crippen LogP contribution is 2.19. The molecule has 1 fully saturated rings. The molecule has 0 aliphatic carbocycles. The van der Waals surface area contributed by atoms with Gasteiger partial charge in [0.15, 0.2) is 0 Å². The maximum atomic E-state index is 13.4. The van der Waals surface area contributed by atoms with Gasteiger partial charge in [-0.2, -0.15) is 0 Å². The second-order valence-corrected chi connectivity index (χ2v) is 5.06. The zero-order chi connectivity index (χ0) is 15.4. The van der Waals surface area contributed by atoms with Crippen molar-refractivity contribution in [3.63, 3.8) is 0 Å². The minimum atomic E-state index is -0.921. The van der Waals surface area contributed by atoms with Crippen molar-refractivity contribution in [2.24, 2.45) is 0 Å². The molecule has 1 heterocycles. The number of nitrogens with two attached hydrogens (primary N) is 1. The first kappa shape index (κ1) is 15.7. The first-order valence-corrected chi connectivity index (χ1v) is 6.90. The Balaban J connectivity index is 2.09. The van der Waals surface area contributed by atoms with E-state index in [1.165, 1.54) is 0 Å². The molecular formula is C14H19F2N3O2. The summed E-state index contributed by atoms with van der Waals surface area (Å²) in [6.45, 7) is 3.04. The normalized spacial score (nSPS) is 16.8. The Labute approximate surface area is 121 Å². The van der Waals surface area contributed by atoms with Gasteiger partial charge in [0.05, 0.1) is 6.61 Å². The van der Waals surface area contributed by atoms with Crippen LogP contribution in [0.4, 0.5) is 14.5 Å². The lowest BCUT2D eigenvalue weighted by atomic mass is 10.1. The fraction of sp³-hybridized carbons (Fsp3) is 0.500. The standard InChI is InChI=1S/C14H19F2N3O2/c15-11-8-10(9-12(16)13(11)17)14(21)19-3-1-2-18(4-5-19)6-7-20/h8-9,20H,1-7,17H2. The zero-order valence-electron chi connectivity index (χ0n) is 11.7. The van der Waals surface area contributed by atoms with Crippen LogP contribution < -0.4 is 5.73 Å². The Morgan fingerprint density at radius 3 is 2.48 bits per heavy atom. The fourth-order valence-electron chi connectivity index (χ4n) is 2.43. The summed E-state index contributed by atoms with van der Waals surface area (Å²) in [5, 5.41) is 8.93. The molecule has 1 saturated heterocycles. The number of nitrogen functional groups attached to an aromatic ring is 1. The van der Waals surface area contributed by atoms with Crippen molar-refractivity contribution in [2.45, 2.75) is 6.42 Å². The number of β-amino-alcohol motifs (C(OH)–C–C–N with tert-alkyl or cyclic N) is 1. The maximum Gasteiger partial charge on any atom is 0.254 e. The molecule has 116 valence electrons. The molecule has 0 saturated carbocycles. The number of aliphatic hydroxyl groups excluding tert-OH is 1. The van der Waals surface area contributed by atoms with Gasteiger partial charge in [-0.1, -0.05) is 0 Å². The number of carbonyl (C=O) groups excluding carboxylic acids is 1. The number of rotatable bonds is 3. The second-order valence-electron chi connectivity index (χ2n) is 5.06. The molecule has 0 bridgehead atoms. The van der Waals surface area contributed by atoms with Gasteiger partial charge in [-0.15, -0.1) is 0 Å². The SMILES string of the molecule is Nc1c(F)cc(C(=O)N2CCCN(CCO)CC2)cc1F. The van der Waals surface area contributed by atoms with Gasteiger partial charge >= 0.3 is 0 Å². The highest BCUT2D eigenvalue weighted by Gasteiger charge is 2.22. The molecule has 2 rings (SSSR count). The summed E-state index contributed by atoms with van der Waals surface area (Å²) in [6.07, 6.45) is 0.756. The van der Waals surface area contributed by atoms with E-state index in [2.05, 4.69) is 4.90 Å². The van der Waals surface area contributed by atoms with Crippen LogP contribution in [0, 0.1) is 11.6 Å². The predicted octanol–water partition coefficient (Wildman–Crippen LogP) is 0.687. The average molecular weight is 299 g/mol. The van der Waals surface area contributed by atoms with Gasteiger partial charge in [0.25, 0.3) is 5.91 Å². The number of hydrogen-bond acceptors (Lipinski definition) is 4. The van der Waals surface area contributed by atoms with Crippen molar-refractivity contribution >= 4 is 11.6 Å². The molecule has 1 aliphatic heterocycles. The number of halogens is 2. The average Bonchev–Trinajstić information content (AvgIpc) is 2.69. The molecule has 1 aliphatic rings. The van der Waals surface area contributed by atoms with E-state index in [0.29, 0.717) is 26.2 Å². The number of nitrogens with zero attached hydrogens (tertiary/aromatic N) is 2. The van der Waals surface area contributed by atoms with E-state index in [0.717, 1.165) is 25.1 Å². The van der Waals surface area contributed by atoms with E-state index < -0.39 is 23.2 Å². The molecule has 1 aromatic rings. The number of anilines is 1. The Bertz CT molecular complexity index is 502. The van der Waals surface area contributed by atoms with E-state index in [1.807, 2.05) is 0 Å². The second kappa shape index (κ2) is 6.82. The lowest BCUT2D eigenvalue weighted by molar-refractivity contribution is 0.0759. The van der Waals surface area contributed by atoms with Crippen LogP contribution in [0.5, 0.6) is 0 Å². The van der Waals surface area contributed by atoms with Crippen LogP contribution in [-0.4, -0.2) is 60.1 Å². The molecular weight excluding hydrogens is 280 g/mol. The van der Waals surface area contributed by atoms with Gasteiger partial charge in [0.1, 0.15) is 17.3 Å². The number of carbonyl (C=O) groups is 1. The predicted molar refractivity (Wildman–Crippen MR) is 74.8 cm³/mol. The Hall–Kier alpha value is -1.73. The minimum Gasteiger partial charge on any atom is -0.395 e. The van der Waals surface area contributed by atoms with Crippen LogP contribution in [0.3, 0.4) is 0 Å². The first-order valence-electron chi connectivity index (χ1n) is 6.90. The number of amides is 1. The number of hydrogen-bond donors (Lipinski definition) is 2. The monoisotopic (exact) mass is 299 g/mol. The molecule has 0 atom stereocenters. The molecule has 1 amide bonds. The maximum absolute atomic E-state index is 13.4. The van der Waals surface area contributed by atoms with E-state index >= 15 is 0 Å². The molecule has 3 N–H and O–H groups in total. The van der Waals surface area contributed by atoms with Gasteiger partial charge in [-0.25, -0.2) is 8.78 Å². The van der Waals surface area contributed by atoms with Crippen LogP contribution in [0.25, 0.3) is 0 Å². The Morgan fingerprint density at radius 2 is 1.86 bits per heavy atom. The van der Waals surface area contributed by atoms with Crippen LogP contribution in [0.15, 0.2) is 12.1 Å². The van der Waals surface area contributed by atoms with Crippen LogP contribution in [0.1, 0.15) is 16.8 Å². The highest BCUT2D eigenvalue weighted by molar-refractivity contribution is 5.94.